The van der Waals surface area contributed by atoms with E-state index in [1.54, 1.807) is 23.1 Å². The van der Waals surface area contributed by atoms with Gasteiger partial charge in [-0.3, -0.25) is 4.79 Å². The lowest BCUT2D eigenvalue weighted by atomic mass is 10.5. The highest BCUT2D eigenvalue weighted by Crippen LogP contribution is 2.23. The Hall–Kier alpha value is -0.480. The predicted molar refractivity (Wildman–Crippen MR) is 56.3 cm³/mol. The summed E-state index contributed by atoms with van der Waals surface area (Å²) in [6, 6.07) is 4.14. The van der Waals surface area contributed by atoms with Crippen molar-refractivity contribution in [1.82, 2.24) is 0 Å². The molecule has 2 nitrogen and oxygen atoms in total. The lowest BCUT2D eigenvalue weighted by Gasteiger charge is -2.00. The third kappa shape index (κ3) is 4.95. The van der Waals surface area contributed by atoms with E-state index in [0.717, 1.165) is 12.2 Å². The van der Waals surface area contributed by atoms with E-state index >= 15 is 0 Å². The molecule has 0 bridgehead atoms. The van der Waals surface area contributed by atoms with Crippen LogP contribution in [0.3, 0.4) is 0 Å². The lowest BCUT2D eigenvalue weighted by molar-refractivity contribution is -0.140. The fourth-order valence-corrected chi connectivity index (χ4v) is 2.57. The van der Waals surface area contributed by atoms with Gasteiger partial charge in [-0.2, -0.15) is 0 Å². The second-order valence-corrected chi connectivity index (χ2v) is 4.82. The first-order valence-corrected chi connectivity index (χ1v) is 5.95. The number of carbonyl (C=O) groups excluding carboxylic acids is 1. The summed E-state index contributed by atoms with van der Waals surface area (Å²) in [6.45, 7) is 1.97. The van der Waals surface area contributed by atoms with Crippen molar-refractivity contribution in [3.63, 3.8) is 0 Å². The number of hydrogen-bond donors (Lipinski definition) is 0. The van der Waals surface area contributed by atoms with Crippen LogP contribution in [0, 0.1) is 0 Å². The summed E-state index contributed by atoms with van der Waals surface area (Å²) in [4.78, 5) is 10.4. The Kier molecular flexibility index (Phi) is 4.93. The molecule has 0 aliphatic heterocycles. The van der Waals surface area contributed by atoms with Gasteiger partial charge < -0.3 is 4.74 Å². The molecule has 0 N–H and O–H groups in total. The predicted octanol–water partition coefficient (Wildman–Crippen LogP) is 2.79. The minimum absolute atomic E-state index is 0.193. The molecular formula is C9H12O2S2. The number of esters is 1. The van der Waals surface area contributed by atoms with E-state index in [2.05, 4.69) is 11.4 Å². The normalized spacial score (nSPS) is 9.92. The van der Waals surface area contributed by atoms with Crippen molar-refractivity contribution in [2.45, 2.75) is 17.6 Å². The summed E-state index contributed by atoms with van der Waals surface area (Å²) in [7, 11) is 0. The number of hydrogen-bond acceptors (Lipinski definition) is 4. The summed E-state index contributed by atoms with van der Waals surface area (Å²) in [5.41, 5.74) is 0. The molecule has 4 heteroatoms. The molecule has 0 atom stereocenters. The number of carbonyl (C=O) groups is 1. The van der Waals surface area contributed by atoms with Crippen molar-refractivity contribution in [2.24, 2.45) is 0 Å². The van der Waals surface area contributed by atoms with Gasteiger partial charge in [0, 0.05) is 12.7 Å². The maximum absolute atomic E-state index is 10.4. The van der Waals surface area contributed by atoms with Crippen molar-refractivity contribution < 1.29 is 9.53 Å². The molecule has 0 unspecified atom stereocenters. The van der Waals surface area contributed by atoms with Crippen LogP contribution < -0.4 is 0 Å². The van der Waals surface area contributed by atoms with E-state index in [-0.39, 0.29) is 5.97 Å². The Labute approximate surface area is 86.3 Å². The summed E-state index contributed by atoms with van der Waals surface area (Å²) >= 11 is 3.55. The fraction of sp³-hybridized carbons (Fsp3) is 0.444. The monoisotopic (exact) mass is 216 g/mol. The zero-order chi connectivity index (χ0) is 9.52. The summed E-state index contributed by atoms with van der Waals surface area (Å²) < 4.78 is 6.13. The molecule has 0 saturated heterocycles. The van der Waals surface area contributed by atoms with Gasteiger partial charge >= 0.3 is 5.97 Å². The SMILES string of the molecule is CC(=O)OCCCSc1cccs1. The molecular weight excluding hydrogens is 204 g/mol. The van der Waals surface area contributed by atoms with Gasteiger partial charge in [-0.15, -0.1) is 23.1 Å². The van der Waals surface area contributed by atoms with Gasteiger partial charge in [0.25, 0.3) is 0 Å². The van der Waals surface area contributed by atoms with Gasteiger partial charge in [-0.25, -0.2) is 0 Å². The Morgan fingerprint density at radius 2 is 2.54 bits per heavy atom. The molecule has 1 aromatic heterocycles. The first kappa shape index (κ1) is 10.6. The van der Waals surface area contributed by atoms with Gasteiger partial charge in [-0.05, 0) is 17.9 Å². The quantitative estimate of drug-likeness (QED) is 0.430. The van der Waals surface area contributed by atoms with Crippen LogP contribution in [-0.4, -0.2) is 18.3 Å². The zero-order valence-electron chi connectivity index (χ0n) is 7.49. The number of rotatable bonds is 5. The third-order valence-corrected chi connectivity index (χ3v) is 3.55. The van der Waals surface area contributed by atoms with Crippen molar-refractivity contribution in [2.75, 3.05) is 12.4 Å². The molecule has 0 spiro atoms. The highest BCUT2D eigenvalue weighted by atomic mass is 32.2. The molecule has 0 saturated carbocycles. The van der Waals surface area contributed by atoms with Crippen LogP contribution in [0.1, 0.15) is 13.3 Å². The average Bonchev–Trinajstić information content (AvgIpc) is 2.55. The molecule has 0 radical (unpaired) electrons. The number of ether oxygens (including phenoxy) is 1. The maximum Gasteiger partial charge on any atom is 0.302 e. The maximum atomic E-state index is 10.4. The van der Waals surface area contributed by atoms with Gasteiger partial charge in [0.1, 0.15) is 0 Å². The topological polar surface area (TPSA) is 26.3 Å². The second-order valence-electron chi connectivity index (χ2n) is 2.47. The molecule has 0 fully saturated rings. The van der Waals surface area contributed by atoms with Crippen LogP contribution in [0.4, 0.5) is 0 Å². The first-order valence-electron chi connectivity index (χ1n) is 4.08. The van der Waals surface area contributed by atoms with E-state index in [4.69, 9.17) is 4.74 Å². The van der Waals surface area contributed by atoms with Gasteiger partial charge in [0.15, 0.2) is 0 Å². The third-order valence-electron chi connectivity index (χ3n) is 1.33. The van der Waals surface area contributed by atoms with E-state index < -0.39 is 0 Å². The zero-order valence-corrected chi connectivity index (χ0v) is 9.12. The summed E-state index contributed by atoms with van der Waals surface area (Å²) in [5.74, 6) is 0.814. The molecule has 1 aromatic rings. The van der Waals surface area contributed by atoms with Gasteiger partial charge in [0.2, 0.25) is 0 Å². The number of thiophene rings is 1. The van der Waals surface area contributed by atoms with E-state index in [1.165, 1.54) is 11.1 Å². The van der Waals surface area contributed by atoms with E-state index in [0.29, 0.717) is 6.61 Å². The molecule has 1 heterocycles. The largest absolute Gasteiger partial charge is 0.466 e. The Balaban J connectivity index is 1.99. The van der Waals surface area contributed by atoms with Crippen LogP contribution in [-0.2, 0) is 9.53 Å². The number of thioether (sulfide) groups is 1. The molecule has 1 rings (SSSR count). The lowest BCUT2D eigenvalue weighted by Crippen LogP contribution is -2.00. The first-order chi connectivity index (χ1) is 6.29. The van der Waals surface area contributed by atoms with Crippen LogP contribution in [0.15, 0.2) is 21.7 Å². The highest BCUT2D eigenvalue weighted by molar-refractivity contribution is 8.01. The van der Waals surface area contributed by atoms with E-state index in [1.807, 2.05) is 6.07 Å². The second kappa shape index (κ2) is 6.05. The Morgan fingerprint density at radius 1 is 1.69 bits per heavy atom. The molecule has 0 aromatic carbocycles. The standard InChI is InChI=1S/C9H12O2S2/c1-8(10)11-5-3-7-13-9-4-2-6-12-9/h2,4,6H,3,5,7H2,1H3. The van der Waals surface area contributed by atoms with Gasteiger partial charge in [-0.1, -0.05) is 6.07 Å². The molecule has 0 amide bonds. The average molecular weight is 216 g/mol. The fourth-order valence-electron chi connectivity index (χ4n) is 0.793. The van der Waals surface area contributed by atoms with Crippen molar-refractivity contribution in [1.29, 1.82) is 0 Å². The molecule has 13 heavy (non-hydrogen) atoms. The van der Waals surface area contributed by atoms with Crippen molar-refractivity contribution in [3.8, 4) is 0 Å². The van der Waals surface area contributed by atoms with Gasteiger partial charge in [0.05, 0.1) is 10.8 Å². The Morgan fingerprint density at radius 3 is 3.15 bits per heavy atom. The minimum atomic E-state index is -0.193. The highest BCUT2D eigenvalue weighted by Gasteiger charge is 1.95. The molecule has 72 valence electrons. The summed E-state index contributed by atoms with van der Waals surface area (Å²) in [5, 5.41) is 2.06. The van der Waals surface area contributed by atoms with Crippen molar-refractivity contribution >= 4 is 29.1 Å². The smallest absolute Gasteiger partial charge is 0.302 e. The van der Waals surface area contributed by atoms with E-state index in [9.17, 15) is 4.79 Å². The van der Waals surface area contributed by atoms with Crippen LogP contribution in [0.25, 0.3) is 0 Å². The van der Waals surface area contributed by atoms with Crippen LogP contribution >= 0.6 is 23.1 Å². The summed E-state index contributed by atoms with van der Waals surface area (Å²) in [6.07, 6.45) is 0.919. The van der Waals surface area contributed by atoms with Crippen molar-refractivity contribution in [3.05, 3.63) is 17.5 Å². The van der Waals surface area contributed by atoms with Crippen LogP contribution in [0.5, 0.6) is 0 Å². The minimum Gasteiger partial charge on any atom is -0.466 e. The van der Waals surface area contributed by atoms with Crippen LogP contribution in [0.2, 0.25) is 0 Å². The molecule has 0 aliphatic carbocycles. The Bertz CT molecular complexity index is 244. The molecule has 0 aliphatic rings.